The van der Waals surface area contributed by atoms with E-state index in [1.807, 2.05) is 79.6 Å². The predicted octanol–water partition coefficient (Wildman–Crippen LogP) is 31.4. The van der Waals surface area contributed by atoms with Gasteiger partial charge in [-0.15, -0.1) is 0 Å². The molecule has 0 saturated carbocycles. The van der Waals surface area contributed by atoms with Crippen LogP contribution in [-0.4, -0.2) is 0 Å². The molecule has 0 aliphatic carbocycles. The molecule has 0 aromatic heterocycles. The molecule has 0 amide bonds. The first kappa shape index (κ1) is 77.6. The average molecular weight is 1520 g/mol. The molecular formula is C78H72S16. The van der Waals surface area contributed by atoms with Crippen molar-refractivity contribution < 1.29 is 0 Å². The molecule has 0 fully saturated rings. The van der Waals surface area contributed by atoms with Crippen LogP contribution < -0.4 is 0 Å². The third kappa shape index (κ3) is 34.1. The monoisotopic (exact) mass is 1520 g/mol. The Kier molecular flexibility index (Phi) is 39.7. The van der Waals surface area contributed by atoms with Gasteiger partial charge >= 0.3 is 0 Å². The Morgan fingerprint density at radius 3 is 0.670 bits per heavy atom. The summed E-state index contributed by atoms with van der Waals surface area (Å²) in [6.07, 6.45) is 0. The van der Waals surface area contributed by atoms with Crippen LogP contribution in [0.4, 0.5) is 0 Å². The molecule has 480 valence electrons. The first-order valence-corrected chi connectivity index (χ1v) is 47.8. The second kappa shape index (κ2) is 48.1. The lowest BCUT2D eigenvalue weighted by Gasteiger charge is -2.06. The van der Waals surface area contributed by atoms with E-state index < -0.39 is 0 Å². The lowest BCUT2D eigenvalue weighted by atomic mass is 10.2. The van der Waals surface area contributed by atoms with Crippen LogP contribution in [0.3, 0.4) is 0 Å². The molecule has 0 unspecified atom stereocenters. The molecular weight excluding hydrogens is 1450 g/mol. The molecule has 0 heterocycles. The van der Waals surface area contributed by atoms with Gasteiger partial charge in [0.15, 0.2) is 0 Å². The molecule has 12 aromatic rings. The Hall–Kier alpha value is -3.76. The minimum absolute atomic E-state index is 1.29. The molecule has 0 aliphatic heterocycles. The van der Waals surface area contributed by atoms with Crippen LogP contribution in [0, 0.1) is 41.5 Å². The minimum Gasteiger partial charge on any atom is -0.0622 e. The number of aryl methyl sites for hydroxylation is 6. The van der Waals surface area contributed by atoms with Crippen LogP contribution in [0.2, 0.25) is 0 Å². The molecule has 0 aliphatic rings. The standard InChI is InChI=1S/3C14H14S2.C12H10S5.C12H10S3.C12H10S2/c1-11-3-7-13(8-4-11)15-16-14-9-5-12(2)6-10-14;1-11-5-3-7-13(9-11)15-16-14-8-4-6-12(2)10-14;1-11-7-3-5-9-13(11)15-16-14-10-6-4-8-12(14)2;1-3-7-11(8-4-1)13-15-17-16-14-12-9-5-2-6-10-12;1-3-7-11(8-4-1)13-15-14-12-9-5-2-6-10-12;1-3-7-11(8-4-1)13-14-12-9-5-2-6-10-12/h3*3-10H,1-2H3;1-10H;1-10H;1-10H. The third-order valence-corrected chi connectivity index (χ3v) is 34.2. The molecule has 0 spiro atoms. The summed E-state index contributed by atoms with van der Waals surface area (Å²) in [5.41, 5.74) is 7.93. The lowest BCUT2D eigenvalue weighted by molar-refractivity contribution is 1.30. The van der Waals surface area contributed by atoms with E-state index >= 15 is 0 Å². The van der Waals surface area contributed by atoms with Gasteiger partial charge in [0.25, 0.3) is 0 Å². The van der Waals surface area contributed by atoms with Crippen molar-refractivity contribution in [1.82, 2.24) is 0 Å². The summed E-state index contributed by atoms with van der Waals surface area (Å²) in [5.74, 6) is 0. The van der Waals surface area contributed by atoms with Crippen molar-refractivity contribution in [2.24, 2.45) is 0 Å². The zero-order chi connectivity index (χ0) is 65.9. The van der Waals surface area contributed by atoms with Crippen LogP contribution in [0.1, 0.15) is 33.4 Å². The second-order valence-electron chi connectivity index (χ2n) is 19.9. The molecule has 0 N–H and O–H groups in total. The fourth-order valence-corrected chi connectivity index (χ4v) is 27.7. The van der Waals surface area contributed by atoms with Crippen molar-refractivity contribution in [3.05, 3.63) is 361 Å². The van der Waals surface area contributed by atoms with E-state index in [9.17, 15) is 0 Å². The van der Waals surface area contributed by atoms with E-state index in [1.54, 1.807) is 126 Å². The zero-order valence-corrected chi connectivity index (χ0v) is 65.8. The quantitative estimate of drug-likeness (QED) is 0.0467. The van der Waals surface area contributed by atoms with Crippen molar-refractivity contribution >= 4 is 169 Å². The lowest BCUT2D eigenvalue weighted by Crippen LogP contribution is -1.77. The summed E-state index contributed by atoms with van der Waals surface area (Å²) in [6, 6.07) is 114. The normalized spacial score (nSPS) is 10.3. The molecule has 0 atom stereocenters. The number of hydrogen-bond donors (Lipinski definition) is 0. The maximum absolute atomic E-state index is 2.22. The van der Waals surface area contributed by atoms with Crippen molar-refractivity contribution in [3.8, 4) is 0 Å². The number of hydrogen-bond acceptors (Lipinski definition) is 16. The first-order chi connectivity index (χ1) is 46.1. The Bertz CT molecular complexity index is 3650. The van der Waals surface area contributed by atoms with Gasteiger partial charge < -0.3 is 0 Å². The van der Waals surface area contributed by atoms with E-state index in [1.165, 1.54) is 92.1 Å². The highest BCUT2D eigenvalue weighted by atomic mass is 33.8. The third-order valence-electron chi connectivity index (χ3n) is 12.2. The summed E-state index contributed by atoms with van der Waals surface area (Å²) in [7, 11) is 28.9. The SMILES string of the molecule is Cc1ccc(SSc2ccc(C)cc2)cc1.Cc1cccc(SSc2cccc(C)c2)c1.Cc1ccccc1SSc1ccccc1C.c1ccc(SSSSSc2ccccc2)cc1.c1ccc(SSSc2ccccc2)cc1.c1ccc(SSc2ccccc2)cc1. The second-order valence-corrected chi connectivity index (χ2v) is 40.6. The fraction of sp³-hybridized carbons (Fsp3) is 0.0769. The molecule has 12 rings (SSSR count). The van der Waals surface area contributed by atoms with Gasteiger partial charge in [-0.2, -0.15) is 0 Å². The fourth-order valence-electron chi connectivity index (χ4n) is 7.27. The largest absolute Gasteiger partial charge is 0.0622 e. The van der Waals surface area contributed by atoms with Gasteiger partial charge in [0.05, 0.1) is 0 Å². The maximum Gasteiger partial charge on any atom is 0.0215 e. The van der Waals surface area contributed by atoms with E-state index in [0.29, 0.717) is 0 Å². The van der Waals surface area contributed by atoms with Crippen LogP contribution >= 0.6 is 169 Å². The van der Waals surface area contributed by atoms with E-state index in [4.69, 9.17) is 0 Å². The van der Waals surface area contributed by atoms with Crippen LogP contribution in [0.25, 0.3) is 0 Å². The maximum atomic E-state index is 2.22. The Balaban J connectivity index is 0.000000160. The van der Waals surface area contributed by atoms with Gasteiger partial charge in [0.2, 0.25) is 0 Å². The molecule has 0 bridgehead atoms. The smallest absolute Gasteiger partial charge is 0.0215 e. The van der Waals surface area contributed by atoms with Crippen molar-refractivity contribution in [1.29, 1.82) is 0 Å². The van der Waals surface area contributed by atoms with Crippen molar-refractivity contribution in [2.45, 2.75) is 100 Å². The minimum atomic E-state index is 1.29. The van der Waals surface area contributed by atoms with Crippen LogP contribution in [-0.2, 0) is 0 Å². The van der Waals surface area contributed by atoms with Gasteiger partial charge in [-0.3, -0.25) is 0 Å². The molecule has 94 heavy (non-hydrogen) atoms. The van der Waals surface area contributed by atoms with Gasteiger partial charge in [-0.05, 0) is 280 Å². The molecule has 0 radical (unpaired) electrons. The highest BCUT2D eigenvalue weighted by Gasteiger charge is 2.04. The number of rotatable bonds is 22. The summed E-state index contributed by atoms with van der Waals surface area (Å²) in [4.78, 5) is 15.7. The van der Waals surface area contributed by atoms with Crippen molar-refractivity contribution in [3.63, 3.8) is 0 Å². The molecule has 16 heteroatoms. The van der Waals surface area contributed by atoms with E-state index in [-0.39, 0.29) is 0 Å². The average Bonchev–Trinajstić information content (AvgIpc) is 2.37. The summed E-state index contributed by atoms with van der Waals surface area (Å²) < 4.78 is 0. The summed E-state index contributed by atoms with van der Waals surface area (Å²) >= 11 is 0. The van der Waals surface area contributed by atoms with Gasteiger partial charge in [0.1, 0.15) is 0 Å². The van der Waals surface area contributed by atoms with E-state index in [2.05, 4.69) is 333 Å². The van der Waals surface area contributed by atoms with Gasteiger partial charge in [0, 0.05) is 58.7 Å². The first-order valence-electron chi connectivity index (χ1n) is 29.5. The van der Waals surface area contributed by atoms with Crippen molar-refractivity contribution in [2.75, 3.05) is 0 Å². The number of benzene rings is 12. The molecule has 0 saturated heterocycles. The van der Waals surface area contributed by atoms with Gasteiger partial charge in [-0.25, -0.2) is 0 Å². The van der Waals surface area contributed by atoms with Crippen LogP contribution in [0.15, 0.2) is 386 Å². The Morgan fingerprint density at radius 2 is 0.383 bits per heavy atom. The Labute approximate surface area is 622 Å². The summed E-state index contributed by atoms with van der Waals surface area (Å²) in [5, 5.41) is 0. The predicted molar refractivity (Wildman–Crippen MR) is 446 cm³/mol. The van der Waals surface area contributed by atoms with E-state index in [0.717, 1.165) is 0 Å². The highest BCUT2D eigenvalue weighted by Crippen LogP contribution is 2.53. The highest BCUT2D eigenvalue weighted by molar-refractivity contribution is 9.35. The van der Waals surface area contributed by atoms with Gasteiger partial charge in [-0.1, -0.05) is 292 Å². The zero-order valence-electron chi connectivity index (χ0n) is 52.7. The topological polar surface area (TPSA) is 0 Å². The Morgan fingerprint density at radius 1 is 0.149 bits per heavy atom. The van der Waals surface area contributed by atoms with Crippen LogP contribution in [0.5, 0.6) is 0 Å². The summed E-state index contributed by atoms with van der Waals surface area (Å²) in [6.45, 7) is 12.8. The molecule has 12 aromatic carbocycles. The molecule has 0 nitrogen and oxygen atoms in total.